The van der Waals surface area contributed by atoms with E-state index in [9.17, 15) is 9.18 Å². The summed E-state index contributed by atoms with van der Waals surface area (Å²) in [6.45, 7) is 6.32. The van der Waals surface area contributed by atoms with Crippen molar-refractivity contribution in [3.63, 3.8) is 0 Å². The number of hydrogen-bond acceptors (Lipinski definition) is 2. The molecule has 0 aliphatic carbocycles. The molecule has 1 rings (SSSR count). The maximum atomic E-state index is 12.8. The third kappa shape index (κ3) is 3.81. The summed E-state index contributed by atoms with van der Waals surface area (Å²) in [4.78, 5) is 11.6. The number of rotatable bonds is 5. The molecule has 0 aromatic heterocycles. The van der Waals surface area contributed by atoms with Crippen molar-refractivity contribution in [1.82, 2.24) is 10.6 Å². The van der Waals surface area contributed by atoms with Crippen molar-refractivity contribution < 1.29 is 9.18 Å². The van der Waals surface area contributed by atoms with Gasteiger partial charge in [-0.25, -0.2) is 4.39 Å². The molecule has 0 saturated carbocycles. The van der Waals surface area contributed by atoms with E-state index in [4.69, 9.17) is 0 Å². The van der Waals surface area contributed by atoms with Crippen LogP contribution in [0.2, 0.25) is 0 Å². The van der Waals surface area contributed by atoms with Crippen molar-refractivity contribution in [2.24, 2.45) is 5.41 Å². The molecule has 0 radical (unpaired) electrons. The normalized spacial score (nSPS) is 13.2. The van der Waals surface area contributed by atoms with Gasteiger partial charge in [0.1, 0.15) is 5.82 Å². The standard InChI is InChI=1S/C14H21FN2O/c1-10(11-5-7-12(15)8-6-11)17-9-14(2,3)13(18)16-4/h5-8,10,17H,9H2,1-4H3,(H,16,18). The van der Waals surface area contributed by atoms with Crippen LogP contribution in [-0.2, 0) is 4.79 Å². The van der Waals surface area contributed by atoms with Gasteiger partial charge in [-0.15, -0.1) is 0 Å². The quantitative estimate of drug-likeness (QED) is 0.844. The van der Waals surface area contributed by atoms with Crippen molar-refractivity contribution in [1.29, 1.82) is 0 Å². The van der Waals surface area contributed by atoms with Crippen molar-refractivity contribution in [3.8, 4) is 0 Å². The molecule has 0 aliphatic heterocycles. The fraction of sp³-hybridized carbons (Fsp3) is 0.500. The van der Waals surface area contributed by atoms with Crippen molar-refractivity contribution in [3.05, 3.63) is 35.6 Å². The lowest BCUT2D eigenvalue weighted by atomic mass is 9.91. The summed E-state index contributed by atoms with van der Waals surface area (Å²) in [6, 6.07) is 6.46. The van der Waals surface area contributed by atoms with E-state index in [1.54, 1.807) is 19.2 Å². The Labute approximate surface area is 108 Å². The number of carbonyl (C=O) groups is 1. The largest absolute Gasteiger partial charge is 0.359 e. The minimum absolute atomic E-state index is 0.00121. The highest BCUT2D eigenvalue weighted by atomic mass is 19.1. The van der Waals surface area contributed by atoms with E-state index in [1.807, 2.05) is 20.8 Å². The van der Waals surface area contributed by atoms with Crippen LogP contribution >= 0.6 is 0 Å². The third-order valence-corrected chi connectivity index (χ3v) is 3.06. The smallest absolute Gasteiger partial charge is 0.226 e. The summed E-state index contributed by atoms with van der Waals surface area (Å²) in [6.07, 6.45) is 0. The summed E-state index contributed by atoms with van der Waals surface area (Å²) < 4.78 is 12.8. The second-order valence-electron chi connectivity index (χ2n) is 5.12. The Kier molecular flexibility index (Phi) is 4.84. The van der Waals surface area contributed by atoms with E-state index in [0.717, 1.165) is 5.56 Å². The molecule has 0 fully saturated rings. The molecule has 0 aliphatic rings. The number of carbonyl (C=O) groups excluding carboxylic acids is 1. The summed E-state index contributed by atoms with van der Waals surface area (Å²) in [5, 5.41) is 5.94. The third-order valence-electron chi connectivity index (χ3n) is 3.06. The van der Waals surface area contributed by atoms with Crippen LogP contribution in [0.1, 0.15) is 32.4 Å². The highest BCUT2D eigenvalue weighted by Crippen LogP contribution is 2.17. The van der Waals surface area contributed by atoms with Crippen LogP contribution in [-0.4, -0.2) is 19.5 Å². The maximum Gasteiger partial charge on any atom is 0.226 e. The lowest BCUT2D eigenvalue weighted by molar-refractivity contribution is -0.128. The van der Waals surface area contributed by atoms with Gasteiger partial charge in [-0.2, -0.15) is 0 Å². The van der Waals surface area contributed by atoms with Crippen LogP contribution in [0.4, 0.5) is 4.39 Å². The summed E-state index contributed by atoms with van der Waals surface area (Å²) in [7, 11) is 1.63. The second kappa shape index (κ2) is 5.96. The summed E-state index contributed by atoms with van der Waals surface area (Å²) >= 11 is 0. The van der Waals surface area contributed by atoms with Gasteiger partial charge in [0, 0.05) is 19.6 Å². The molecule has 0 bridgehead atoms. The van der Waals surface area contributed by atoms with E-state index in [1.165, 1.54) is 12.1 Å². The number of benzene rings is 1. The maximum absolute atomic E-state index is 12.8. The lowest BCUT2D eigenvalue weighted by Gasteiger charge is -2.25. The van der Waals surface area contributed by atoms with Gasteiger partial charge in [-0.3, -0.25) is 4.79 Å². The first-order chi connectivity index (χ1) is 8.36. The topological polar surface area (TPSA) is 41.1 Å². The molecule has 18 heavy (non-hydrogen) atoms. The number of nitrogens with one attached hydrogen (secondary N) is 2. The van der Waals surface area contributed by atoms with Gasteiger partial charge < -0.3 is 10.6 Å². The summed E-state index contributed by atoms with van der Waals surface area (Å²) in [5.74, 6) is -0.238. The van der Waals surface area contributed by atoms with E-state index in [2.05, 4.69) is 10.6 Å². The molecule has 100 valence electrons. The highest BCUT2D eigenvalue weighted by molar-refractivity contribution is 5.81. The molecule has 4 heteroatoms. The molecule has 1 amide bonds. The first-order valence-corrected chi connectivity index (χ1v) is 6.08. The Hall–Kier alpha value is -1.42. The Morgan fingerprint density at radius 1 is 1.33 bits per heavy atom. The molecule has 0 heterocycles. The van der Waals surface area contributed by atoms with Gasteiger partial charge in [0.2, 0.25) is 5.91 Å². The Balaban J connectivity index is 2.58. The predicted molar refractivity (Wildman–Crippen MR) is 70.7 cm³/mol. The van der Waals surface area contributed by atoms with Crippen LogP contribution in [0.15, 0.2) is 24.3 Å². The first kappa shape index (κ1) is 14.6. The molecule has 0 saturated heterocycles. The number of halogens is 1. The Bertz CT molecular complexity index is 401. The molecule has 2 N–H and O–H groups in total. The fourth-order valence-electron chi connectivity index (χ4n) is 1.70. The average molecular weight is 252 g/mol. The van der Waals surface area contributed by atoms with Gasteiger partial charge >= 0.3 is 0 Å². The van der Waals surface area contributed by atoms with Gasteiger partial charge in [0.05, 0.1) is 5.41 Å². The van der Waals surface area contributed by atoms with Gasteiger partial charge in [-0.1, -0.05) is 12.1 Å². The van der Waals surface area contributed by atoms with Crippen molar-refractivity contribution in [2.45, 2.75) is 26.8 Å². The summed E-state index contributed by atoms with van der Waals surface area (Å²) in [5.41, 5.74) is 0.535. The van der Waals surface area contributed by atoms with Crippen molar-refractivity contribution >= 4 is 5.91 Å². The van der Waals surface area contributed by atoms with Gasteiger partial charge in [0.25, 0.3) is 0 Å². The molecule has 1 atom stereocenters. The Morgan fingerprint density at radius 2 is 1.89 bits per heavy atom. The van der Waals surface area contributed by atoms with Crippen LogP contribution < -0.4 is 10.6 Å². The molecular weight excluding hydrogens is 231 g/mol. The van der Waals surface area contributed by atoms with Crippen molar-refractivity contribution in [2.75, 3.05) is 13.6 Å². The zero-order chi connectivity index (χ0) is 13.8. The monoisotopic (exact) mass is 252 g/mol. The van der Waals surface area contributed by atoms with Gasteiger partial charge in [-0.05, 0) is 38.5 Å². The molecule has 1 aromatic rings. The molecule has 0 spiro atoms. The van der Waals surface area contributed by atoms with Gasteiger partial charge in [0.15, 0.2) is 0 Å². The number of amides is 1. The molecular formula is C14H21FN2O. The Morgan fingerprint density at radius 3 is 2.39 bits per heavy atom. The van der Waals surface area contributed by atoms with Crippen LogP contribution in [0.3, 0.4) is 0 Å². The minimum Gasteiger partial charge on any atom is -0.359 e. The second-order valence-corrected chi connectivity index (χ2v) is 5.12. The zero-order valence-electron chi connectivity index (χ0n) is 11.4. The molecule has 3 nitrogen and oxygen atoms in total. The lowest BCUT2D eigenvalue weighted by Crippen LogP contribution is -2.42. The fourth-order valence-corrected chi connectivity index (χ4v) is 1.70. The van der Waals surface area contributed by atoms with E-state index in [-0.39, 0.29) is 17.8 Å². The highest BCUT2D eigenvalue weighted by Gasteiger charge is 2.26. The zero-order valence-corrected chi connectivity index (χ0v) is 11.4. The van der Waals surface area contributed by atoms with E-state index in [0.29, 0.717) is 6.54 Å². The predicted octanol–water partition coefficient (Wildman–Crippen LogP) is 2.25. The molecule has 1 unspecified atom stereocenters. The van der Waals surface area contributed by atoms with Crippen LogP contribution in [0, 0.1) is 11.2 Å². The van der Waals surface area contributed by atoms with Crippen LogP contribution in [0.25, 0.3) is 0 Å². The minimum atomic E-state index is -0.469. The van der Waals surface area contributed by atoms with E-state index < -0.39 is 5.41 Å². The number of hydrogen-bond donors (Lipinski definition) is 2. The SMILES string of the molecule is CNC(=O)C(C)(C)CNC(C)c1ccc(F)cc1. The first-order valence-electron chi connectivity index (χ1n) is 6.08. The van der Waals surface area contributed by atoms with Crippen LogP contribution in [0.5, 0.6) is 0 Å². The van der Waals surface area contributed by atoms with E-state index >= 15 is 0 Å². The molecule has 1 aromatic carbocycles. The average Bonchev–Trinajstić information content (AvgIpc) is 2.35.